The molecular formula is C21H23NO3S2. The van der Waals surface area contributed by atoms with Crippen LogP contribution >= 0.6 is 23.1 Å². The molecule has 2 aromatic rings. The third-order valence-corrected chi connectivity index (χ3v) is 7.41. The van der Waals surface area contributed by atoms with Gasteiger partial charge in [-0.15, -0.1) is 23.1 Å². The molecule has 1 aliphatic carbocycles. The summed E-state index contributed by atoms with van der Waals surface area (Å²) in [6.07, 6.45) is 5.69. The second-order valence-corrected chi connectivity index (χ2v) is 9.20. The number of methoxy groups -OCH3 is 2. The van der Waals surface area contributed by atoms with E-state index in [2.05, 4.69) is 18.3 Å². The van der Waals surface area contributed by atoms with E-state index in [1.54, 1.807) is 49.7 Å². The van der Waals surface area contributed by atoms with Gasteiger partial charge in [-0.1, -0.05) is 6.92 Å². The average Bonchev–Trinajstić information content (AvgIpc) is 3.03. The third kappa shape index (κ3) is 3.73. The summed E-state index contributed by atoms with van der Waals surface area (Å²) in [5, 5.41) is 2.98. The summed E-state index contributed by atoms with van der Waals surface area (Å²) in [4.78, 5) is 16.3. The maximum Gasteiger partial charge on any atom is 0.262 e. The van der Waals surface area contributed by atoms with Crippen LogP contribution < -0.4 is 14.8 Å². The fourth-order valence-corrected chi connectivity index (χ4v) is 6.28. The zero-order valence-corrected chi connectivity index (χ0v) is 17.4. The summed E-state index contributed by atoms with van der Waals surface area (Å²) in [6, 6.07) is 5.38. The van der Waals surface area contributed by atoms with E-state index in [9.17, 15) is 4.79 Å². The predicted molar refractivity (Wildman–Crippen MR) is 113 cm³/mol. The first-order valence-corrected chi connectivity index (χ1v) is 10.9. The lowest BCUT2D eigenvalue weighted by Crippen LogP contribution is -2.14. The molecule has 1 aromatic heterocycles. The molecule has 1 aliphatic heterocycles. The van der Waals surface area contributed by atoms with Crippen LogP contribution in [0.4, 0.5) is 5.69 Å². The standard InChI is InChI=1S/C21H23NO3S2/c1-12-4-5-16-17-11-26-20(10-19(17)27-18(16)6-12)21(23)22-13-7-14(24-2)9-15(8-13)25-3/h7-10,12H,4-6,11H2,1-3H3,(H,22,23). The number of carbonyl (C=O) groups excluding carboxylic acids is 1. The van der Waals surface area contributed by atoms with Crippen molar-refractivity contribution in [1.82, 2.24) is 0 Å². The molecule has 1 N–H and O–H groups in total. The van der Waals surface area contributed by atoms with Crippen LogP contribution in [0, 0.1) is 5.92 Å². The van der Waals surface area contributed by atoms with Crippen LogP contribution in [-0.2, 0) is 23.4 Å². The zero-order chi connectivity index (χ0) is 19.0. The highest BCUT2D eigenvalue weighted by Crippen LogP contribution is 2.43. The Kier molecular flexibility index (Phi) is 5.19. The second kappa shape index (κ2) is 7.60. The molecule has 0 saturated carbocycles. The molecule has 27 heavy (non-hydrogen) atoms. The molecule has 0 spiro atoms. The first kappa shape index (κ1) is 18.4. The maximum atomic E-state index is 12.8. The Bertz CT molecular complexity index is 894. The monoisotopic (exact) mass is 401 g/mol. The van der Waals surface area contributed by atoms with Gasteiger partial charge in [0.1, 0.15) is 11.5 Å². The quantitative estimate of drug-likeness (QED) is 0.773. The number of ether oxygens (including phenoxy) is 2. The number of thiophene rings is 1. The molecule has 1 amide bonds. The fourth-order valence-electron chi connectivity index (χ4n) is 3.63. The molecule has 4 nitrogen and oxygen atoms in total. The summed E-state index contributed by atoms with van der Waals surface area (Å²) in [6.45, 7) is 2.33. The van der Waals surface area contributed by atoms with Gasteiger partial charge < -0.3 is 14.8 Å². The first-order chi connectivity index (χ1) is 13.1. The van der Waals surface area contributed by atoms with E-state index in [0.29, 0.717) is 17.2 Å². The number of fused-ring (bicyclic) bond motifs is 3. The van der Waals surface area contributed by atoms with Crippen molar-refractivity contribution < 1.29 is 14.3 Å². The molecule has 0 radical (unpaired) electrons. The van der Waals surface area contributed by atoms with Gasteiger partial charge in [-0.05, 0) is 42.4 Å². The lowest BCUT2D eigenvalue weighted by atomic mass is 9.88. The first-order valence-electron chi connectivity index (χ1n) is 9.09. The molecule has 1 unspecified atom stereocenters. The minimum absolute atomic E-state index is 0.0827. The molecule has 0 fully saturated rings. The SMILES string of the molecule is COc1cc(NC(=O)C2=Cc3sc4c(c3CS2)CCC(C)C4)cc(OC)c1. The number of hydrogen-bond acceptors (Lipinski definition) is 5. The molecule has 0 saturated heterocycles. The van der Waals surface area contributed by atoms with Crippen molar-refractivity contribution in [2.24, 2.45) is 5.92 Å². The average molecular weight is 402 g/mol. The molecule has 2 heterocycles. The number of amides is 1. The van der Waals surface area contributed by atoms with Crippen LogP contribution in [0.5, 0.6) is 11.5 Å². The number of thioether (sulfide) groups is 1. The Balaban J connectivity index is 1.56. The van der Waals surface area contributed by atoms with Crippen LogP contribution in [0.3, 0.4) is 0 Å². The van der Waals surface area contributed by atoms with Gasteiger partial charge in [-0.3, -0.25) is 4.79 Å². The summed E-state index contributed by atoms with van der Waals surface area (Å²) in [5.74, 6) is 2.87. The van der Waals surface area contributed by atoms with Crippen LogP contribution in [0.15, 0.2) is 23.1 Å². The van der Waals surface area contributed by atoms with Crippen molar-refractivity contribution in [3.05, 3.63) is 44.0 Å². The van der Waals surface area contributed by atoms with Gasteiger partial charge in [0.2, 0.25) is 0 Å². The van der Waals surface area contributed by atoms with Crippen LogP contribution in [0.2, 0.25) is 0 Å². The number of hydrogen-bond donors (Lipinski definition) is 1. The van der Waals surface area contributed by atoms with E-state index in [-0.39, 0.29) is 5.91 Å². The molecule has 6 heteroatoms. The Labute approximate surface area is 168 Å². The van der Waals surface area contributed by atoms with E-state index in [1.165, 1.54) is 34.6 Å². The summed E-state index contributed by atoms with van der Waals surface area (Å²) >= 11 is 3.50. The summed E-state index contributed by atoms with van der Waals surface area (Å²) < 4.78 is 10.6. The fraction of sp³-hybridized carbons (Fsp3) is 0.381. The molecule has 4 rings (SSSR count). The van der Waals surface area contributed by atoms with E-state index in [1.807, 2.05) is 11.3 Å². The van der Waals surface area contributed by atoms with Gasteiger partial charge in [0.05, 0.1) is 19.1 Å². The van der Waals surface area contributed by atoms with Crippen molar-refractivity contribution in [2.45, 2.75) is 31.9 Å². The van der Waals surface area contributed by atoms with Gasteiger partial charge in [-0.25, -0.2) is 0 Å². The highest BCUT2D eigenvalue weighted by molar-refractivity contribution is 8.03. The highest BCUT2D eigenvalue weighted by atomic mass is 32.2. The number of rotatable bonds is 4. The molecule has 1 aromatic carbocycles. The Morgan fingerprint density at radius 3 is 2.59 bits per heavy atom. The minimum atomic E-state index is -0.0827. The lowest BCUT2D eigenvalue weighted by molar-refractivity contribution is -0.112. The number of carbonyl (C=O) groups is 1. The lowest BCUT2D eigenvalue weighted by Gasteiger charge is -2.20. The van der Waals surface area contributed by atoms with E-state index in [4.69, 9.17) is 9.47 Å². The summed E-state index contributed by atoms with van der Waals surface area (Å²) in [5.41, 5.74) is 3.67. The summed E-state index contributed by atoms with van der Waals surface area (Å²) in [7, 11) is 3.20. The van der Waals surface area contributed by atoms with Crippen LogP contribution in [0.25, 0.3) is 6.08 Å². The largest absolute Gasteiger partial charge is 0.497 e. The van der Waals surface area contributed by atoms with Crippen molar-refractivity contribution >= 4 is 40.8 Å². The van der Waals surface area contributed by atoms with Gasteiger partial charge >= 0.3 is 0 Å². The molecule has 1 atom stereocenters. The predicted octanol–water partition coefficient (Wildman–Crippen LogP) is 5.12. The Morgan fingerprint density at radius 1 is 1.15 bits per heavy atom. The molecule has 2 aliphatic rings. The van der Waals surface area contributed by atoms with E-state index < -0.39 is 0 Å². The topological polar surface area (TPSA) is 47.6 Å². The third-order valence-electron chi connectivity index (χ3n) is 5.12. The van der Waals surface area contributed by atoms with E-state index >= 15 is 0 Å². The minimum Gasteiger partial charge on any atom is -0.497 e. The molecule has 0 bridgehead atoms. The van der Waals surface area contributed by atoms with Crippen molar-refractivity contribution in [1.29, 1.82) is 0 Å². The normalized spacial score (nSPS) is 18.2. The van der Waals surface area contributed by atoms with Crippen LogP contribution in [-0.4, -0.2) is 20.1 Å². The van der Waals surface area contributed by atoms with Crippen molar-refractivity contribution in [2.75, 3.05) is 19.5 Å². The van der Waals surface area contributed by atoms with Gasteiger partial charge in [0.25, 0.3) is 5.91 Å². The number of nitrogens with one attached hydrogen (secondary N) is 1. The van der Waals surface area contributed by atoms with Gasteiger partial charge in [0.15, 0.2) is 0 Å². The van der Waals surface area contributed by atoms with Gasteiger partial charge in [-0.2, -0.15) is 0 Å². The number of benzene rings is 1. The second-order valence-electron chi connectivity index (χ2n) is 7.05. The Morgan fingerprint density at radius 2 is 1.89 bits per heavy atom. The van der Waals surface area contributed by atoms with Crippen molar-refractivity contribution in [3.63, 3.8) is 0 Å². The number of anilines is 1. The van der Waals surface area contributed by atoms with E-state index in [0.717, 1.165) is 16.6 Å². The van der Waals surface area contributed by atoms with Gasteiger partial charge in [0, 0.05) is 39.4 Å². The Hall–Kier alpha value is -1.92. The van der Waals surface area contributed by atoms with Crippen LogP contribution in [0.1, 0.15) is 34.2 Å². The smallest absolute Gasteiger partial charge is 0.262 e. The highest BCUT2D eigenvalue weighted by Gasteiger charge is 2.27. The zero-order valence-electron chi connectivity index (χ0n) is 15.8. The molecule has 142 valence electrons. The van der Waals surface area contributed by atoms with Crippen molar-refractivity contribution in [3.8, 4) is 11.5 Å². The maximum absolute atomic E-state index is 12.8. The molecular weight excluding hydrogens is 378 g/mol.